The summed E-state index contributed by atoms with van der Waals surface area (Å²) in [4.78, 5) is 12.9. The minimum absolute atomic E-state index is 0.329. The van der Waals surface area contributed by atoms with Gasteiger partial charge in [0, 0.05) is 11.6 Å². The van der Waals surface area contributed by atoms with Crippen LogP contribution in [-0.4, -0.2) is 21.2 Å². The third kappa shape index (κ3) is 2.89. The number of rotatable bonds is 3. The predicted molar refractivity (Wildman–Crippen MR) is 88.0 cm³/mol. The van der Waals surface area contributed by atoms with Crippen molar-refractivity contribution < 1.29 is 0 Å². The van der Waals surface area contributed by atoms with Crippen molar-refractivity contribution in [2.24, 2.45) is 0 Å². The second-order valence-corrected chi connectivity index (χ2v) is 5.78. The SMILES string of the molecule is CSc1nc(Cl)cc(C(C#N)c2cc3ccccc3cn2)n1. The van der Waals surface area contributed by atoms with E-state index in [4.69, 9.17) is 11.6 Å². The van der Waals surface area contributed by atoms with Crippen LogP contribution in [0.25, 0.3) is 10.8 Å². The lowest BCUT2D eigenvalue weighted by Gasteiger charge is -2.10. The Morgan fingerprint density at radius 3 is 2.64 bits per heavy atom. The van der Waals surface area contributed by atoms with Gasteiger partial charge < -0.3 is 0 Å². The Labute approximate surface area is 137 Å². The van der Waals surface area contributed by atoms with Crippen molar-refractivity contribution in [3.63, 3.8) is 0 Å². The zero-order valence-electron chi connectivity index (χ0n) is 11.7. The van der Waals surface area contributed by atoms with E-state index in [1.165, 1.54) is 11.8 Å². The van der Waals surface area contributed by atoms with Gasteiger partial charge in [-0.05, 0) is 23.8 Å². The maximum Gasteiger partial charge on any atom is 0.188 e. The Morgan fingerprint density at radius 1 is 1.14 bits per heavy atom. The summed E-state index contributed by atoms with van der Waals surface area (Å²) < 4.78 is 0. The van der Waals surface area contributed by atoms with Crippen LogP contribution in [0, 0.1) is 11.3 Å². The summed E-state index contributed by atoms with van der Waals surface area (Å²) in [5.41, 5.74) is 1.22. The maximum atomic E-state index is 9.56. The molecule has 1 atom stereocenters. The molecule has 0 N–H and O–H groups in total. The topological polar surface area (TPSA) is 62.5 Å². The van der Waals surface area contributed by atoms with E-state index < -0.39 is 5.92 Å². The number of benzene rings is 1. The van der Waals surface area contributed by atoms with Gasteiger partial charge in [0.1, 0.15) is 11.1 Å². The van der Waals surface area contributed by atoms with Crippen LogP contribution in [0.5, 0.6) is 0 Å². The standard InChI is InChI=1S/C16H11ClN4S/c1-22-16-20-14(7-15(17)21-16)12(8-18)13-6-10-4-2-3-5-11(10)9-19-13/h2-7,9,12H,1H3. The fourth-order valence-corrected chi connectivity index (χ4v) is 2.82. The summed E-state index contributed by atoms with van der Waals surface area (Å²) in [6.07, 6.45) is 3.64. The van der Waals surface area contributed by atoms with Crippen molar-refractivity contribution in [3.05, 3.63) is 59.1 Å². The molecule has 3 rings (SSSR count). The molecule has 2 aromatic heterocycles. The molecule has 6 heteroatoms. The molecule has 1 unspecified atom stereocenters. The highest BCUT2D eigenvalue weighted by atomic mass is 35.5. The molecular weight excluding hydrogens is 316 g/mol. The fourth-order valence-electron chi connectivity index (χ4n) is 2.19. The molecule has 0 fully saturated rings. The van der Waals surface area contributed by atoms with Gasteiger partial charge in [-0.3, -0.25) is 4.98 Å². The number of thioether (sulfide) groups is 1. The Balaban J connectivity index is 2.10. The Bertz CT molecular complexity index is 875. The van der Waals surface area contributed by atoms with E-state index in [9.17, 15) is 5.26 Å². The van der Waals surface area contributed by atoms with Gasteiger partial charge in [-0.1, -0.05) is 47.6 Å². The molecule has 0 amide bonds. The molecule has 0 saturated carbocycles. The Kier molecular flexibility index (Phi) is 4.23. The molecule has 1 aromatic carbocycles. The maximum absolute atomic E-state index is 9.56. The summed E-state index contributed by atoms with van der Waals surface area (Å²) in [5.74, 6) is -0.573. The molecular formula is C16H11ClN4S. The van der Waals surface area contributed by atoms with Gasteiger partial charge in [0.05, 0.1) is 17.5 Å². The highest BCUT2D eigenvalue weighted by Crippen LogP contribution is 2.26. The fraction of sp³-hybridized carbons (Fsp3) is 0.125. The lowest BCUT2D eigenvalue weighted by atomic mass is 10.0. The van der Waals surface area contributed by atoms with Crippen molar-refractivity contribution in [1.82, 2.24) is 15.0 Å². The van der Waals surface area contributed by atoms with Gasteiger partial charge >= 0.3 is 0 Å². The third-order valence-electron chi connectivity index (χ3n) is 3.25. The van der Waals surface area contributed by atoms with Crippen molar-refractivity contribution in [2.75, 3.05) is 6.26 Å². The van der Waals surface area contributed by atoms with Crippen molar-refractivity contribution in [1.29, 1.82) is 5.26 Å². The minimum Gasteiger partial charge on any atom is -0.259 e. The van der Waals surface area contributed by atoms with E-state index in [1.807, 2.05) is 36.6 Å². The van der Waals surface area contributed by atoms with Crippen LogP contribution in [-0.2, 0) is 0 Å². The number of fused-ring (bicyclic) bond motifs is 1. The molecule has 0 spiro atoms. The third-order valence-corrected chi connectivity index (χ3v) is 3.99. The van der Waals surface area contributed by atoms with Crippen LogP contribution in [0.1, 0.15) is 17.3 Å². The van der Waals surface area contributed by atoms with E-state index in [1.54, 1.807) is 12.3 Å². The van der Waals surface area contributed by atoms with Crippen molar-refractivity contribution in [2.45, 2.75) is 11.1 Å². The average Bonchev–Trinajstić information content (AvgIpc) is 2.55. The zero-order chi connectivity index (χ0) is 15.5. The van der Waals surface area contributed by atoms with E-state index in [-0.39, 0.29) is 0 Å². The van der Waals surface area contributed by atoms with Crippen LogP contribution in [0.15, 0.2) is 47.8 Å². The second kappa shape index (κ2) is 6.30. The molecule has 22 heavy (non-hydrogen) atoms. The molecule has 0 aliphatic rings. The number of nitrogens with zero attached hydrogens (tertiary/aromatic N) is 4. The first-order chi connectivity index (χ1) is 10.7. The number of pyridine rings is 1. The number of halogens is 1. The average molecular weight is 327 g/mol. The highest BCUT2D eigenvalue weighted by Gasteiger charge is 2.19. The highest BCUT2D eigenvalue weighted by molar-refractivity contribution is 7.98. The molecule has 4 nitrogen and oxygen atoms in total. The van der Waals surface area contributed by atoms with Gasteiger partial charge in [-0.25, -0.2) is 9.97 Å². The normalized spacial score (nSPS) is 12.0. The number of hydrogen-bond acceptors (Lipinski definition) is 5. The second-order valence-electron chi connectivity index (χ2n) is 4.62. The monoisotopic (exact) mass is 326 g/mol. The Morgan fingerprint density at radius 2 is 1.91 bits per heavy atom. The summed E-state index contributed by atoms with van der Waals surface area (Å²) in [5, 5.41) is 12.5. The summed E-state index contributed by atoms with van der Waals surface area (Å²) in [6.45, 7) is 0. The van der Waals surface area contributed by atoms with E-state index in [0.29, 0.717) is 21.7 Å². The number of aromatic nitrogens is 3. The van der Waals surface area contributed by atoms with Crippen LogP contribution >= 0.6 is 23.4 Å². The van der Waals surface area contributed by atoms with E-state index >= 15 is 0 Å². The number of nitriles is 1. The van der Waals surface area contributed by atoms with Gasteiger partial charge in [-0.15, -0.1) is 0 Å². The first-order valence-corrected chi connectivity index (χ1v) is 8.14. The van der Waals surface area contributed by atoms with Gasteiger partial charge in [0.25, 0.3) is 0 Å². The minimum atomic E-state index is -0.573. The smallest absolute Gasteiger partial charge is 0.188 e. The summed E-state index contributed by atoms with van der Waals surface area (Å²) >= 11 is 7.40. The lowest BCUT2D eigenvalue weighted by Crippen LogP contribution is -2.05. The molecule has 2 heterocycles. The first kappa shape index (κ1) is 14.8. The molecule has 3 aromatic rings. The largest absolute Gasteiger partial charge is 0.259 e. The van der Waals surface area contributed by atoms with E-state index in [0.717, 1.165) is 10.8 Å². The van der Waals surface area contributed by atoms with Gasteiger partial charge in [-0.2, -0.15) is 5.26 Å². The number of hydrogen-bond donors (Lipinski definition) is 0. The predicted octanol–water partition coefficient (Wildman–Crippen LogP) is 4.06. The molecule has 108 valence electrons. The van der Waals surface area contributed by atoms with Crippen molar-refractivity contribution in [3.8, 4) is 6.07 Å². The molecule has 0 radical (unpaired) electrons. The van der Waals surface area contributed by atoms with Crippen LogP contribution in [0.3, 0.4) is 0 Å². The molecule has 0 aliphatic heterocycles. The van der Waals surface area contributed by atoms with Crippen LogP contribution in [0.2, 0.25) is 5.15 Å². The lowest BCUT2D eigenvalue weighted by molar-refractivity contribution is 0.847. The zero-order valence-corrected chi connectivity index (χ0v) is 13.3. The van der Waals surface area contributed by atoms with E-state index in [2.05, 4.69) is 21.0 Å². The summed E-state index contributed by atoms with van der Waals surface area (Å²) in [7, 11) is 0. The Hall–Kier alpha value is -2.16. The quantitative estimate of drug-likeness (QED) is 0.412. The van der Waals surface area contributed by atoms with Gasteiger partial charge in [0.15, 0.2) is 5.16 Å². The molecule has 0 aliphatic carbocycles. The summed E-state index contributed by atoms with van der Waals surface area (Å²) in [6, 6.07) is 13.7. The van der Waals surface area contributed by atoms with Crippen LogP contribution in [0.4, 0.5) is 0 Å². The molecule has 0 bridgehead atoms. The van der Waals surface area contributed by atoms with Crippen LogP contribution < -0.4 is 0 Å². The first-order valence-electron chi connectivity index (χ1n) is 6.54. The molecule has 0 saturated heterocycles. The van der Waals surface area contributed by atoms with Gasteiger partial charge in [0.2, 0.25) is 0 Å². The van der Waals surface area contributed by atoms with Crippen molar-refractivity contribution >= 4 is 34.1 Å².